The number of carbonyl (C=O) groups excluding carboxylic acids is 1. The van der Waals surface area contributed by atoms with Gasteiger partial charge in [-0.2, -0.15) is 4.57 Å². The fraction of sp³-hybridized carbons (Fsp3) is 0.333. The first-order valence-corrected chi connectivity index (χ1v) is 4.40. The van der Waals surface area contributed by atoms with E-state index in [9.17, 15) is 4.79 Å². The van der Waals surface area contributed by atoms with Crippen LogP contribution < -0.4 is 21.5 Å². The van der Waals surface area contributed by atoms with Crippen molar-refractivity contribution in [1.82, 2.24) is 0 Å². The van der Waals surface area contributed by atoms with Crippen LogP contribution in [0.2, 0.25) is 5.02 Å². The number of ether oxygens (including phenoxy) is 1. The molecule has 1 heterocycles. The van der Waals surface area contributed by atoms with E-state index in [4.69, 9.17) is 16.3 Å². The molecule has 0 bridgehead atoms. The topological polar surface area (TPSA) is 30.2 Å². The maximum Gasteiger partial charge on any atom is 0.372 e. The lowest BCUT2D eigenvalue weighted by molar-refractivity contribution is -0.685. The number of esters is 1. The van der Waals surface area contributed by atoms with E-state index in [1.807, 2.05) is 0 Å². The standard InChI is InChI=1S/C9H11ClNO2.BrH/c1-2-13-9(12)7-11-5-3-8(10)4-6-11;/h3-6H,2,7H2,1H3;1H/q+1;/p-1. The highest BCUT2D eigenvalue weighted by atomic mass is 79.9. The molecule has 3 nitrogen and oxygen atoms in total. The Hall–Kier alpha value is -0.610. The second-order valence-electron chi connectivity index (χ2n) is 2.49. The van der Waals surface area contributed by atoms with E-state index in [0.29, 0.717) is 11.6 Å². The van der Waals surface area contributed by atoms with Crippen molar-refractivity contribution in [1.29, 1.82) is 0 Å². The van der Waals surface area contributed by atoms with Gasteiger partial charge in [0, 0.05) is 12.1 Å². The van der Waals surface area contributed by atoms with Crippen LogP contribution in [0.25, 0.3) is 0 Å². The highest BCUT2D eigenvalue weighted by Crippen LogP contribution is 2.01. The molecule has 1 rings (SSSR count). The zero-order valence-electron chi connectivity index (χ0n) is 7.74. The molecule has 0 radical (unpaired) electrons. The van der Waals surface area contributed by atoms with Gasteiger partial charge in [0.05, 0.1) is 11.6 Å². The van der Waals surface area contributed by atoms with E-state index < -0.39 is 0 Å². The minimum absolute atomic E-state index is 0. The Morgan fingerprint density at radius 3 is 2.57 bits per heavy atom. The summed E-state index contributed by atoms with van der Waals surface area (Å²) in [7, 11) is 0. The molecule has 5 heteroatoms. The average Bonchev–Trinajstić information content (AvgIpc) is 2.09. The minimum Gasteiger partial charge on any atom is -1.00 e. The van der Waals surface area contributed by atoms with Crippen molar-refractivity contribution < 1.29 is 31.1 Å². The molecule has 0 aromatic carbocycles. The van der Waals surface area contributed by atoms with Crippen LogP contribution in [0.1, 0.15) is 6.92 Å². The smallest absolute Gasteiger partial charge is 0.372 e. The molecule has 0 fully saturated rings. The van der Waals surface area contributed by atoms with Crippen molar-refractivity contribution >= 4 is 17.6 Å². The highest BCUT2D eigenvalue weighted by Gasteiger charge is 2.08. The van der Waals surface area contributed by atoms with E-state index in [-0.39, 0.29) is 29.5 Å². The molecule has 0 unspecified atom stereocenters. The van der Waals surface area contributed by atoms with Gasteiger partial charge in [-0.3, -0.25) is 0 Å². The summed E-state index contributed by atoms with van der Waals surface area (Å²) in [5.41, 5.74) is 0. The first-order chi connectivity index (χ1) is 6.22. The van der Waals surface area contributed by atoms with Crippen LogP contribution in [-0.4, -0.2) is 12.6 Å². The number of carbonyl (C=O) groups is 1. The molecular weight excluding hydrogens is 269 g/mol. The summed E-state index contributed by atoms with van der Waals surface area (Å²) in [4.78, 5) is 11.0. The van der Waals surface area contributed by atoms with Gasteiger partial charge in [0.15, 0.2) is 12.4 Å². The van der Waals surface area contributed by atoms with E-state index in [1.165, 1.54) is 0 Å². The lowest BCUT2D eigenvalue weighted by atomic mass is 10.4. The fourth-order valence-electron chi connectivity index (χ4n) is 0.900. The second kappa shape index (κ2) is 6.79. The maximum atomic E-state index is 11.0. The van der Waals surface area contributed by atoms with Gasteiger partial charge in [0.1, 0.15) is 0 Å². The number of nitrogens with zero attached hydrogens (tertiary/aromatic N) is 1. The Kier molecular flexibility index (Phi) is 6.49. The maximum absolute atomic E-state index is 11.0. The van der Waals surface area contributed by atoms with Crippen LogP contribution in [-0.2, 0) is 16.1 Å². The lowest BCUT2D eigenvalue weighted by Crippen LogP contribution is -3.00. The number of aromatic nitrogens is 1. The van der Waals surface area contributed by atoms with Crippen molar-refractivity contribution in [3.8, 4) is 0 Å². The molecule has 78 valence electrons. The quantitative estimate of drug-likeness (QED) is 0.483. The SMILES string of the molecule is CCOC(=O)C[n+]1ccc(Cl)cc1.[Br-]. The number of pyridine rings is 1. The normalized spacial score (nSPS) is 9.00. The van der Waals surface area contributed by atoms with Crippen LogP contribution in [0.5, 0.6) is 0 Å². The van der Waals surface area contributed by atoms with E-state index in [1.54, 1.807) is 36.0 Å². The summed E-state index contributed by atoms with van der Waals surface area (Å²) in [6.45, 7) is 2.42. The summed E-state index contributed by atoms with van der Waals surface area (Å²) in [6, 6.07) is 3.45. The second-order valence-corrected chi connectivity index (χ2v) is 2.93. The zero-order valence-corrected chi connectivity index (χ0v) is 10.1. The number of hydrogen-bond donors (Lipinski definition) is 0. The lowest BCUT2D eigenvalue weighted by Gasteiger charge is -1.97. The van der Waals surface area contributed by atoms with Gasteiger partial charge in [-0.1, -0.05) is 11.6 Å². The molecule has 0 saturated carbocycles. The molecule has 14 heavy (non-hydrogen) atoms. The summed E-state index contributed by atoms with van der Waals surface area (Å²) < 4.78 is 6.50. The third-order valence-corrected chi connectivity index (χ3v) is 1.72. The van der Waals surface area contributed by atoms with E-state index in [2.05, 4.69) is 0 Å². The molecule has 1 aromatic rings. The zero-order chi connectivity index (χ0) is 9.68. The van der Waals surface area contributed by atoms with E-state index in [0.717, 1.165) is 0 Å². The van der Waals surface area contributed by atoms with Crippen LogP contribution in [0.4, 0.5) is 0 Å². The van der Waals surface area contributed by atoms with E-state index >= 15 is 0 Å². The summed E-state index contributed by atoms with van der Waals surface area (Å²) >= 11 is 5.68. The molecule has 0 aliphatic carbocycles. The third kappa shape index (κ3) is 4.58. The number of halogens is 2. The van der Waals surface area contributed by atoms with Crippen LogP contribution in [0.15, 0.2) is 24.5 Å². The first kappa shape index (κ1) is 13.4. The van der Waals surface area contributed by atoms with Gasteiger partial charge in [-0.15, -0.1) is 0 Å². The molecule has 0 aliphatic rings. The first-order valence-electron chi connectivity index (χ1n) is 4.02. The molecule has 1 aromatic heterocycles. The van der Waals surface area contributed by atoms with Crippen molar-refractivity contribution in [2.45, 2.75) is 13.5 Å². The molecule has 0 amide bonds. The fourth-order valence-corrected chi connectivity index (χ4v) is 1.01. The summed E-state index contributed by atoms with van der Waals surface area (Å²) in [5.74, 6) is -0.241. The van der Waals surface area contributed by atoms with Gasteiger partial charge < -0.3 is 21.7 Å². The molecule has 0 saturated heterocycles. The predicted octanol–water partition coefficient (Wildman–Crippen LogP) is -1.81. The van der Waals surface area contributed by atoms with Crippen LogP contribution in [0.3, 0.4) is 0 Å². The molecular formula is C9H11BrClNO2. The van der Waals surface area contributed by atoms with Gasteiger partial charge in [0.2, 0.25) is 6.54 Å². The van der Waals surface area contributed by atoms with Gasteiger partial charge in [0.25, 0.3) is 0 Å². The van der Waals surface area contributed by atoms with Gasteiger partial charge >= 0.3 is 5.97 Å². The monoisotopic (exact) mass is 279 g/mol. The molecule has 0 aliphatic heterocycles. The molecule has 0 atom stereocenters. The van der Waals surface area contributed by atoms with Crippen LogP contribution >= 0.6 is 11.6 Å². The predicted molar refractivity (Wildman–Crippen MR) is 48.3 cm³/mol. The Labute approximate surface area is 98.4 Å². The van der Waals surface area contributed by atoms with Crippen molar-refractivity contribution in [3.05, 3.63) is 29.5 Å². The number of hydrogen-bond acceptors (Lipinski definition) is 2. The Balaban J connectivity index is 0.00000169. The van der Waals surface area contributed by atoms with Crippen LogP contribution in [0, 0.1) is 0 Å². The van der Waals surface area contributed by atoms with Crippen molar-refractivity contribution in [2.24, 2.45) is 0 Å². The Morgan fingerprint density at radius 1 is 1.50 bits per heavy atom. The molecule has 0 spiro atoms. The van der Waals surface area contributed by atoms with Gasteiger partial charge in [-0.05, 0) is 6.92 Å². The number of rotatable bonds is 3. The van der Waals surface area contributed by atoms with Gasteiger partial charge in [-0.25, -0.2) is 4.79 Å². The van der Waals surface area contributed by atoms with Crippen molar-refractivity contribution in [3.63, 3.8) is 0 Å². The summed E-state index contributed by atoms with van der Waals surface area (Å²) in [6.07, 6.45) is 3.47. The molecule has 0 N–H and O–H groups in total. The van der Waals surface area contributed by atoms with Crippen molar-refractivity contribution in [2.75, 3.05) is 6.61 Å². The minimum atomic E-state index is -0.241. The summed E-state index contributed by atoms with van der Waals surface area (Å²) in [5, 5.41) is 0.653. The highest BCUT2D eigenvalue weighted by molar-refractivity contribution is 6.30. The largest absolute Gasteiger partial charge is 1.00 e. The third-order valence-electron chi connectivity index (χ3n) is 1.47. The Bertz CT molecular complexity index is 289. The average molecular weight is 281 g/mol. The Morgan fingerprint density at radius 2 is 2.07 bits per heavy atom.